The molecule has 0 saturated carbocycles. The fourth-order valence-corrected chi connectivity index (χ4v) is 3.52. The summed E-state index contributed by atoms with van der Waals surface area (Å²) in [6, 6.07) is 28.3. The molecule has 0 N–H and O–H groups in total. The van der Waals surface area contributed by atoms with Crippen LogP contribution in [0.15, 0.2) is 89.8 Å². The van der Waals surface area contributed by atoms with Crippen molar-refractivity contribution in [3.05, 3.63) is 96.1 Å². The molecule has 0 aliphatic heterocycles. The van der Waals surface area contributed by atoms with E-state index in [0.29, 0.717) is 32.4 Å². The Bertz CT molecular complexity index is 779. The highest BCUT2D eigenvalue weighted by Gasteiger charge is 2.11. The molecule has 3 aromatic rings. The lowest BCUT2D eigenvalue weighted by Crippen LogP contribution is -2.25. The molecule has 0 saturated heterocycles. The fraction of sp³-hybridized carbons (Fsp3) is 0.280. The summed E-state index contributed by atoms with van der Waals surface area (Å²) in [5, 5.41) is 0. The molecule has 3 rings (SSSR count). The summed E-state index contributed by atoms with van der Waals surface area (Å²) in [6.07, 6.45) is -0.136. The first-order valence-electron chi connectivity index (χ1n) is 9.95. The van der Waals surface area contributed by atoms with Crippen LogP contribution in [0.25, 0.3) is 0 Å². The van der Waals surface area contributed by atoms with Gasteiger partial charge in [0.1, 0.15) is 11.9 Å². The van der Waals surface area contributed by atoms with Gasteiger partial charge in [0, 0.05) is 4.90 Å². The van der Waals surface area contributed by atoms with Crippen molar-refractivity contribution in [3.63, 3.8) is 0 Å². The molecular formula is C25H28O4S. The second-order valence-corrected chi connectivity index (χ2v) is 7.72. The molecule has 0 bridgehead atoms. The van der Waals surface area contributed by atoms with Crippen molar-refractivity contribution in [2.24, 2.45) is 0 Å². The first kappa shape index (κ1) is 22.4. The maximum Gasteiger partial charge on any atom is 0.118 e. The Morgan fingerprint density at radius 1 is 0.700 bits per heavy atom. The monoisotopic (exact) mass is 424 g/mol. The standard InChI is InChI=1S/C25H28O4S/c1-26-23-14-12-22(13-15-23)17-28-19-24(18-27-16-21-8-4-2-5-9-21)29-20-30-25-10-6-3-7-11-25/h2-15,24H,16-20H2,1H3. The van der Waals surface area contributed by atoms with Crippen LogP contribution in [-0.2, 0) is 27.4 Å². The number of ether oxygens (including phenoxy) is 4. The average molecular weight is 425 g/mol. The Morgan fingerprint density at radius 3 is 1.87 bits per heavy atom. The maximum atomic E-state index is 6.05. The third kappa shape index (κ3) is 8.20. The number of hydrogen-bond donors (Lipinski definition) is 0. The third-order valence-electron chi connectivity index (χ3n) is 4.42. The Labute approximate surface area is 183 Å². The van der Waals surface area contributed by atoms with Crippen LogP contribution in [-0.4, -0.2) is 32.4 Å². The van der Waals surface area contributed by atoms with Crippen LogP contribution in [0, 0.1) is 0 Å². The normalized spacial score (nSPS) is 11.9. The van der Waals surface area contributed by atoms with Crippen LogP contribution in [0.1, 0.15) is 11.1 Å². The van der Waals surface area contributed by atoms with E-state index in [1.165, 1.54) is 4.90 Å². The highest BCUT2D eigenvalue weighted by atomic mass is 32.2. The minimum absolute atomic E-state index is 0.136. The van der Waals surface area contributed by atoms with Crippen molar-refractivity contribution in [1.29, 1.82) is 0 Å². The summed E-state index contributed by atoms with van der Waals surface area (Å²) in [6.45, 7) is 2.03. The molecule has 158 valence electrons. The number of thioether (sulfide) groups is 1. The van der Waals surface area contributed by atoms with Crippen molar-refractivity contribution >= 4 is 11.8 Å². The molecule has 0 aliphatic carbocycles. The fourth-order valence-electron chi connectivity index (χ4n) is 2.77. The predicted octanol–water partition coefficient (Wildman–Crippen LogP) is 5.56. The summed E-state index contributed by atoms with van der Waals surface area (Å²) >= 11 is 1.67. The summed E-state index contributed by atoms with van der Waals surface area (Å²) < 4.78 is 23.0. The zero-order chi connectivity index (χ0) is 20.9. The molecule has 4 nitrogen and oxygen atoms in total. The van der Waals surface area contributed by atoms with Crippen LogP contribution in [0.5, 0.6) is 5.75 Å². The van der Waals surface area contributed by atoms with Gasteiger partial charge >= 0.3 is 0 Å². The van der Waals surface area contributed by atoms with Gasteiger partial charge in [-0.3, -0.25) is 0 Å². The van der Waals surface area contributed by atoms with Gasteiger partial charge in [0.15, 0.2) is 0 Å². The lowest BCUT2D eigenvalue weighted by Gasteiger charge is -2.18. The third-order valence-corrected chi connectivity index (χ3v) is 5.28. The van der Waals surface area contributed by atoms with Gasteiger partial charge in [0.05, 0.1) is 39.5 Å². The molecule has 0 heterocycles. The molecule has 1 unspecified atom stereocenters. The van der Waals surface area contributed by atoms with Gasteiger partial charge in [-0.2, -0.15) is 0 Å². The van der Waals surface area contributed by atoms with Crippen LogP contribution < -0.4 is 4.74 Å². The SMILES string of the molecule is COc1ccc(COCC(COCc2ccccc2)OCSc2ccccc2)cc1. The smallest absolute Gasteiger partial charge is 0.118 e. The second kappa shape index (κ2) is 13.1. The zero-order valence-electron chi connectivity index (χ0n) is 17.2. The van der Waals surface area contributed by atoms with Crippen LogP contribution in [0.3, 0.4) is 0 Å². The lowest BCUT2D eigenvalue weighted by atomic mass is 10.2. The van der Waals surface area contributed by atoms with Gasteiger partial charge in [-0.1, -0.05) is 72.4 Å². The van der Waals surface area contributed by atoms with Crippen LogP contribution in [0.2, 0.25) is 0 Å². The summed E-state index contributed by atoms with van der Waals surface area (Å²) in [7, 11) is 1.66. The first-order valence-corrected chi connectivity index (χ1v) is 10.9. The number of rotatable bonds is 13. The molecule has 0 aromatic heterocycles. The molecule has 0 spiro atoms. The summed E-state index contributed by atoms with van der Waals surface area (Å²) in [5.41, 5.74) is 2.24. The molecule has 0 fully saturated rings. The van der Waals surface area contributed by atoms with Crippen molar-refractivity contribution in [2.45, 2.75) is 24.2 Å². The van der Waals surface area contributed by atoms with E-state index in [1.807, 2.05) is 60.7 Å². The van der Waals surface area contributed by atoms with Gasteiger partial charge < -0.3 is 18.9 Å². The second-order valence-electron chi connectivity index (χ2n) is 6.73. The molecule has 3 aromatic carbocycles. The molecule has 0 aliphatic rings. The largest absolute Gasteiger partial charge is 0.497 e. The predicted molar refractivity (Wildman–Crippen MR) is 121 cm³/mol. The highest BCUT2D eigenvalue weighted by Crippen LogP contribution is 2.18. The van der Waals surface area contributed by atoms with E-state index in [-0.39, 0.29) is 6.10 Å². The molecule has 1 atom stereocenters. The number of hydrogen-bond acceptors (Lipinski definition) is 5. The topological polar surface area (TPSA) is 36.9 Å². The molecule has 0 radical (unpaired) electrons. The van der Waals surface area contributed by atoms with Gasteiger partial charge in [-0.15, -0.1) is 0 Å². The van der Waals surface area contributed by atoms with E-state index in [1.54, 1.807) is 18.9 Å². The number of methoxy groups -OCH3 is 1. The first-order chi connectivity index (χ1) is 14.8. The quantitative estimate of drug-likeness (QED) is 0.265. The Hall–Kier alpha value is -2.31. The van der Waals surface area contributed by atoms with E-state index in [9.17, 15) is 0 Å². The van der Waals surface area contributed by atoms with E-state index in [0.717, 1.165) is 16.9 Å². The molecular weight excluding hydrogens is 396 g/mol. The summed E-state index contributed by atoms with van der Waals surface area (Å²) in [5.74, 6) is 1.39. The van der Waals surface area contributed by atoms with Gasteiger partial charge in [0.25, 0.3) is 0 Å². The lowest BCUT2D eigenvalue weighted by molar-refractivity contribution is -0.0529. The van der Waals surface area contributed by atoms with Crippen molar-refractivity contribution in [1.82, 2.24) is 0 Å². The van der Waals surface area contributed by atoms with Crippen LogP contribution in [0.4, 0.5) is 0 Å². The number of benzene rings is 3. The Morgan fingerprint density at radius 2 is 1.27 bits per heavy atom. The van der Waals surface area contributed by atoms with Gasteiger partial charge in [-0.25, -0.2) is 0 Å². The van der Waals surface area contributed by atoms with Gasteiger partial charge in [0.2, 0.25) is 0 Å². The van der Waals surface area contributed by atoms with Crippen molar-refractivity contribution in [2.75, 3.05) is 26.3 Å². The Kier molecular flexibility index (Phi) is 9.76. The molecule has 5 heteroatoms. The average Bonchev–Trinajstić information content (AvgIpc) is 2.80. The maximum absolute atomic E-state index is 6.05. The molecule has 30 heavy (non-hydrogen) atoms. The van der Waals surface area contributed by atoms with E-state index < -0.39 is 0 Å². The Balaban J connectivity index is 1.45. The molecule has 0 amide bonds. The zero-order valence-corrected chi connectivity index (χ0v) is 18.1. The van der Waals surface area contributed by atoms with Crippen molar-refractivity contribution < 1.29 is 18.9 Å². The van der Waals surface area contributed by atoms with Crippen molar-refractivity contribution in [3.8, 4) is 5.75 Å². The minimum atomic E-state index is -0.136. The summed E-state index contributed by atoms with van der Waals surface area (Å²) in [4.78, 5) is 1.18. The minimum Gasteiger partial charge on any atom is -0.497 e. The van der Waals surface area contributed by atoms with E-state index in [4.69, 9.17) is 18.9 Å². The van der Waals surface area contributed by atoms with E-state index in [2.05, 4.69) is 24.3 Å². The van der Waals surface area contributed by atoms with E-state index >= 15 is 0 Å². The highest BCUT2D eigenvalue weighted by molar-refractivity contribution is 7.99. The van der Waals surface area contributed by atoms with Crippen LogP contribution >= 0.6 is 11.8 Å². The van der Waals surface area contributed by atoms with Gasteiger partial charge in [-0.05, 0) is 35.4 Å².